The lowest BCUT2D eigenvalue weighted by atomic mass is 9.95. The molecule has 3 heteroatoms. The molecular weight excluding hydrogens is 212 g/mol. The summed E-state index contributed by atoms with van der Waals surface area (Å²) in [6.45, 7) is 4.85. The van der Waals surface area contributed by atoms with E-state index in [0.29, 0.717) is 5.92 Å². The second-order valence-corrected chi connectivity index (χ2v) is 6.26. The largest absolute Gasteiger partial charge is 0.393 e. The molecule has 2 fully saturated rings. The molecule has 2 unspecified atom stereocenters. The van der Waals surface area contributed by atoms with E-state index in [9.17, 15) is 5.11 Å². The van der Waals surface area contributed by atoms with Crippen molar-refractivity contribution in [3.05, 3.63) is 0 Å². The van der Waals surface area contributed by atoms with Gasteiger partial charge in [0.25, 0.3) is 0 Å². The minimum Gasteiger partial charge on any atom is -0.393 e. The molecule has 0 aromatic heterocycles. The van der Waals surface area contributed by atoms with E-state index in [1.807, 2.05) is 0 Å². The molecule has 0 amide bonds. The van der Waals surface area contributed by atoms with Gasteiger partial charge in [-0.1, -0.05) is 6.42 Å². The van der Waals surface area contributed by atoms with E-state index in [-0.39, 0.29) is 6.10 Å². The molecule has 3 nitrogen and oxygen atoms in total. The summed E-state index contributed by atoms with van der Waals surface area (Å²) in [4.78, 5) is 4.88. The topological polar surface area (TPSA) is 26.7 Å². The third kappa shape index (κ3) is 3.94. The Morgan fingerprint density at radius 1 is 1.12 bits per heavy atom. The van der Waals surface area contributed by atoms with Gasteiger partial charge in [-0.05, 0) is 64.7 Å². The van der Waals surface area contributed by atoms with Crippen molar-refractivity contribution in [1.29, 1.82) is 0 Å². The summed E-state index contributed by atoms with van der Waals surface area (Å²) in [7, 11) is 4.34. The van der Waals surface area contributed by atoms with E-state index in [0.717, 1.165) is 18.9 Å². The smallest absolute Gasteiger partial charge is 0.0580 e. The average Bonchev–Trinajstić information content (AvgIpc) is 2.67. The van der Waals surface area contributed by atoms with Crippen LogP contribution in [0.25, 0.3) is 0 Å². The van der Waals surface area contributed by atoms with Crippen LogP contribution in [-0.4, -0.2) is 61.3 Å². The van der Waals surface area contributed by atoms with Crippen molar-refractivity contribution in [3.8, 4) is 0 Å². The van der Waals surface area contributed by atoms with Crippen LogP contribution in [0.3, 0.4) is 0 Å². The monoisotopic (exact) mass is 240 g/mol. The number of nitrogens with zero attached hydrogens (tertiary/aromatic N) is 2. The molecule has 1 aliphatic carbocycles. The molecule has 2 aliphatic rings. The van der Waals surface area contributed by atoms with Crippen LogP contribution in [-0.2, 0) is 0 Å². The van der Waals surface area contributed by atoms with Crippen molar-refractivity contribution in [1.82, 2.24) is 9.80 Å². The van der Waals surface area contributed by atoms with Crippen LogP contribution in [0.1, 0.15) is 32.1 Å². The quantitative estimate of drug-likeness (QED) is 0.805. The van der Waals surface area contributed by atoms with Gasteiger partial charge in [0.15, 0.2) is 0 Å². The molecule has 17 heavy (non-hydrogen) atoms. The van der Waals surface area contributed by atoms with Crippen molar-refractivity contribution in [3.63, 3.8) is 0 Å². The van der Waals surface area contributed by atoms with Crippen molar-refractivity contribution in [2.75, 3.05) is 40.3 Å². The molecule has 0 aromatic carbocycles. The molecule has 1 N–H and O–H groups in total. The van der Waals surface area contributed by atoms with Crippen molar-refractivity contribution < 1.29 is 5.11 Å². The Morgan fingerprint density at radius 3 is 2.35 bits per heavy atom. The first-order valence-corrected chi connectivity index (χ1v) is 7.20. The zero-order chi connectivity index (χ0) is 12.3. The van der Waals surface area contributed by atoms with Gasteiger partial charge < -0.3 is 14.9 Å². The van der Waals surface area contributed by atoms with Gasteiger partial charge in [-0.2, -0.15) is 0 Å². The van der Waals surface area contributed by atoms with Crippen molar-refractivity contribution in [2.24, 2.45) is 11.8 Å². The number of aliphatic hydroxyl groups excluding tert-OH is 1. The Labute approximate surface area is 106 Å². The molecular formula is C14H28N2O. The molecule has 0 bridgehead atoms. The van der Waals surface area contributed by atoms with E-state index < -0.39 is 0 Å². The summed E-state index contributed by atoms with van der Waals surface area (Å²) in [5.41, 5.74) is 0. The maximum atomic E-state index is 9.86. The number of hydrogen-bond acceptors (Lipinski definition) is 3. The minimum atomic E-state index is -0.0190. The zero-order valence-corrected chi connectivity index (χ0v) is 11.4. The number of hydrogen-bond donors (Lipinski definition) is 1. The molecule has 1 saturated carbocycles. The van der Waals surface area contributed by atoms with Crippen LogP contribution < -0.4 is 0 Å². The highest BCUT2D eigenvalue weighted by atomic mass is 16.3. The van der Waals surface area contributed by atoms with Crippen LogP contribution in [0.5, 0.6) is 0 Å². The first-order valence-electron chi connectivity index (χ1n) is 7.20. The van der Waals surface area contributed by atoms with E-state index in [1.165, 1.54) is 45.3 Å². The highest BCUT2D eigenvalue weighted by Crippen LogP contribution is 2.28. The lowest BCUT2D eigenvalue weighted by Gasteiger charge is -2.35. The summed E-state index contributed by atoms with van der Waals surface area (Å²) >= 11 is 0. The van der Waals surface area contributed by atoms with Gasteiger partial charge in [-0.15, -0.1) is 0 Å². The molecule has 0 aromatic rings. The fraction of sp³-hybridized carbons (Fsp3) is 1.00. The predicted molar refractivity (Wildman–Crippen MR) is 71.1 cm³/mol. The number of piperidine rings is 1. The van der Waals surface area contributed by atoms with Gasteiger partial charge in [-0.3, -0.25) is 0 Å². The predicted octanol–water partition coefficient (Wildman–Crippen LogP) is 1.42. The highest BCUT2D eigenvalue weighted by molar-refractivity contribution is 4.82. The van der Waals surface area contributed by atoms with Gasteiger partial charge >= 0.3 is 0 Å². The summed E-state index contributed by atoms with van der Waals surface area (Å²) in [6.07, 6.45) is 6.14. The molecule has 2 atom stereocenters. The molecule has 0 spiro atoms. The standard InChI is InChI=1S/C14H28N2O/c1-15(2)10-12-6-8-16(9-7-12)11-13-4-3-5-14(13)17/h12-14,17H,3-11H2,1-2H3. The fourth-order valence-corrected chi connectivity index (χ4v) is 3.43. The third-order valence-corrected chi connectivity index (χ3v) is 4.44. The summed E-state index contributed by atoms with van der Waals surface area (Å²) in [5, 5.41) is 9.86. The maximum Gasteiger partial charge on any atom is 0.0580 e. The zero-order valence-electron chi connectivity index (χ0n) is 11.4. The molecule has 1 aliphatic heterocycles. The van der Waals surface area contributed by atoms with Crippen LogP contribution in [0, 0.1) is 11.8 Å². The second-order valence-electron chi connectivity index (χ2n) is 6.26. The molecule has 1 saturated heterocycles. The summed E-state index contributed by atoms with van der Waals surface area (Å²) < 4.78 is 0. The van der Waals surface area contributed by atoms with E-state index >= 15 is 0 Å². The Bertz CT molecular complexity index is 224. The molecule has 2 rings (SSSR count). The molecule has 0 radical (unpaired) electrons. The fourth-order valence-electron chi connectivity index (χ4n) is 3.43. The Morgan fingerprint density at radius 2 is 1.82 bits per heavy atom. The lowest BCUT2D eigenvalue weighted by molar-refractivity contribution is 0.0835. The highest BCUT2D eigenvalue weighted by Gasteiger charge is 2.28. The second kappa shape index (κ2) is 6.17. The molecule has 100 valence electrons. The normalized spacial score (nSPS) is 32.5. The van der Waals surface area contributed by atoms with E-state index in [4.69, 9.17) is 0 Å². The minimum absolute atomic E-state index is 0.0190. The van der Waals surface area contributed by atoms with Crippen molar-refractivity contribution in [2.45, 2.75) is 38.2 Å². The van der Waals surface area contributed by atoms with Crippen molar-refractivity contribution >= 4 is 0 Å². The average molecular weight is 240 g/mol. The van der Waals surface area contributed by atoms with Gasteiger partial charge in [0, 0.05) is 13.1 Å². The van der Waals surface area contributed by atoms with Gasteiger partial charge in [-0.25, -0.2) is 0 Å². The first-order chi connectivity index (χ1) is 8.15. The maximum absolute atomic E-state index is 9.86. The van der Waals surface area contributed by atoms with Gasteiger partial charge in [0.2, 0.25) is 0 Å². The van der Waals surface area contributed by atoms with Gasteiger partial charge in [0.05, 0.1) is 6.10 Å². The number of rotatable bonds is 4. The van der Waals surface area contributed by atoms with E-state index in [2.05, 4.69) is 23.9 Å². The summed E-state index contributed by atoms with van der Waals surface area (Å²) in [5.74, 6) is 1.44. The Kier molecular flexibility index (Phi) is 4.83. The van der Waals surface area contributed by atoms with Gasteiger partial charge in [0.1, 0.15) is 0 Å². The number of likely N-dealkylation sites (tertiary alicyclic amines) is 1. The van der Waals surface area contributed by atoms with Crippen LogP contribution in [0.15, 0.2) is 0 Å². The third-order valence-electron chi connectivity index (χ3n) is 4.44. The Hall–Kier alpha value is -0.120. The lowest BCUT2D eigenvalue weighted by Crippen LogP contribution is -2.40. The van der Waals surface area contributed by atoms with Crippen LogP contribution in [0.4, 0.5) is 0 Å². The number of aliphatic hydroxyl groups is 1. The SMILES string of the molecule is CN(C)CC1CCN(CC2CCCC2O)CC1. The first kappa shape index (κ1) is 13.3. The van der Waals surface area contributed by atoms with E-state index in [1.54, 1.807) is 0 Å². The summed E-state index contributed by atoms with van der Waals surface area (Å²) in [6, 6.07) is 0. The molecule has 1 heterocycles. The van der Waals surface area contributed by atoms with Crippen LogP contribution >= 0.6 is 0 Å². The Balaban J connectivity index is 1.68. The van der Waals surface area contributed by atoms with Crippen LogP contribution in [0.2, 0.25) is 0 Å².